The highest BCUT2D eigenvalue weighted by atomic mass is 14.9. The van der Waals surface area contributed by atoms with Crippen molar-refractivity contribution in [1.29, 1.82) is 0 Å². The van der Waals surface area contributed by atoms with Crippen LogP contribution in [0.1, 0.15) is 44.9 Å². The third-order valence-corrected chi connectivity index (χ3v) is 4.09. The van der Waals surface area contributed by atoms with E-state index in [-0.39, 0.29) is 0 Å². The highest BCUT2D eigenvalue weighted by Gasteiger charge is 2.39. The molecule has 2 nitrogen and oxygen atoms in total. The first-order valence-electron chi connectivity index (χ1n) is 5.97. The van der Waals surface area contributed by atoms with Crippen molar-refractivity contribution in [3.63, 3.8) is 0 Å². The van der Waals surface area contributed by atoms with E-state index in [2.05, 4.69) is 4.99 Å². The van der Waals surface area contributed by atoms with E-state index >= 15 is 0 Å². The molecule has 2 atom stereocenters. The van der Waals surface area contributed by atoms with Crippen LogP contribution in [-0.4, -0.2) is 11.8 Å². The van der Waals surface area contributed by atoms with Crippen LogP contribution >= 0.6 is 0 Å². The normalized spacial score (nSPS) is 36.4. The molecule has 1 heterocycles. The number of hydrogen-bond acceptors (Lipinski definition) is 1. The van der Waals surface area contributed by atoms with Gasteiger partial charge in [0.2, 0.25) is 0 Å². The van der Waals surface area contributed by atoms with Gasteiger partial charge in [-0.25, -0.2) is 4.99 Å². The van der Waals surface area contributed by atoms with Gasteiger partial charge in [0.25, 0.3) is 0 Å². The molecular weight excluding hydrogens is 172 g/mol. The fourth-order valence-electron chi connectivity index (χ4n) is 3.35. The first kappa shape index (κ1) is 8.51. The molecule has 0 saturated heterocycles. The molecular formula is C12H19N2+. The smallest absolute Gasteiger partial charge is 0.179 e. The molecule has 2 fully saturated rings. The fraction of sp³-hybridized carbons (Fsp3) is 0.750. The van der Waals surface area contributed by atoms with Crippen LogP contribution in [0.15, 0.2) is 11.3 Å². The summed E-state index contributed by atoms with van der Waals surface area (Å²) in [6.07, 6.45) is 9.13. The zero-order valence-electron chi connectivity index (χ0n) is 8.68. The van der Waals surface area contributed by atoms with E-state index in [0.29, 0.717) is 12.0 Å². The molecule has 0 aromatic rings. The lowest BCUT2D eigenvalue weighted by molar-refractivity contribution is -0.518. The van der Waals surface area contributed by atoms with Gasteiger partial charge in [-0.05, 0) is 25.7 Å². The molecule has 0 aromatic heterocycles. The molecule has 2 saturated carbocycles. The van der Waals surface area contributed by atoms with Crippen molar-refractivity contribution < 1.29 is 4.99 Å². The molecule has 3 N–H and O–H groups in total. The molecule has 0 unspecified atom stereocenters. The Morgan fingerprint density at radius 3 is 2.86 bits per heavy atom. The zero-order chi connectivity index (χ0) is 9.54. The summed E-state index contributed by atoms with van der Waals surface area (Å²) in [6.45, 7) is 0. The molecule has 0 amide bonds. The van der Waals surface area contributed by atoms with Crippen LogP contribution in [0.2, 0.25) is 0 Å². The molecule has 0 bridgehead atoms. The minimum atomic E-state index is 0.653. The molecule has 2 aliphatic carbocycles. The summed E-state index contributed by atoms with van der Waals surface area (Å²) < 4.78 is 0. The molecule has 1 aliphatic heterocycles. The predicted octanol–water partition coefficient (Wildman–Crippen LogP) is 0.477. The van der Waals surface area contributed by atoms with E-state index in [1.807, 2.05) is 0 Å². The summed E-state index contributed by atoms with van der Waals surface area (Å²) in [5, 5.41) is 0. The predicted molar refractivity (Wildman–Crippen MR) is 56.8 cm³/mol. The topological polar surface area (TPSA) is 40.0 Å². The Kier molecular flexibility index (Phi) is 1.89. The lowest BCUT2D eigenvalue weighted by Gasteiger charge is -2.29. The Hall–Kier alpha value is -0.790. The van der Waals surface area contributed by atoms with Crippen molar-refractivity contribution in [2.24, 2.45) is 11.7 Å². The van der Waals surface area contributed by atoms with Gasteiger partial charge in [-0.1, -0.05) is 6.42 Å². The van der Waals surface area contributed by atoms with Crippen LogP contribution in [0.25, 0.3) is 0 Å². The van der Waals surface area contributed by atoms with Crippen molar-refractivity contribution in [3.8, 4) is 0 Å². The summed E-state index contributed by atoms with van der Waals surface area (Å²) in [7, 11) is 0. The van der Waals surface area contributed by atoms with Gasteiger partial charge in [-0.15, -0.1) is 0 Å². The van der Waals surface area contributed by atoms with E-state index in [4.69, 9.17) is 5.73 Å². The Balaban J connectivity index is 1.98. The third kappa shape index (κ3) is 1.13. The number of nitrogens with two attached hydrogens (primary N) is 1. The van der Waals surface area contributed by atoms with Gasteiger partial charge in [0.05, 0.1) is 5.92 Å². The standard InChI is InChI=1S/C12H18N2/c13-12-8-4-1-2-6-10(8)14-11-7-3-5-9(11)12/h8,10H,1-7,13H2/p+1/t8-,10+/m0/s1. The fourth-order valence-corrected chi connectivity index (χ4v) is 3.35. The average Bonchev–Trinajstić information content (AvgIpc) is 2.66. The molecule has 14 heavy (non-hydrogen) atoms. The highest BCUT2D eigenvalue weighted by Crippen LogP contribution is 2.33. The first-order valence-corrected chi connectivity index (χ1v) is 5.97. The molecule has 76 valence electrons. The lowest BCUT2D eigenvalue weighted by atomic mass is 9.79. The van der Waals surface area contributed by atoms with E-state index in [9.17, 15) is 0 Å². The summed E-state index contributed by atoms with van der Waals surface area (Å²) in [5.74, 6) is 0.653. The SMILES string of the molecule is NC1=C2CCCC2=[NH+][C@@H]2CCCC[C@H]12. The van der Waals surface area contributed by atoms with Crippen molar-refractivity contribution in [1.82, 2.24) is 0 Å². The maximum absolute atomic E-state index is 6.29. The minimum absolute atomic E-state index is 0.653. The largest absolute Gasteiger partial charge is 0.401 e. The second-order valence-electron chi connectivity index (χ2n) is 4.91. The maximum atomic E-state index is 6.29. The van der Waals surface area contributed by atoms with E-state index in [1.54, 1.807) is 0 Å². The molecule has 3 aliphatic rings. The maximum Gasteiger partial charge on any atom is 0.179 e. The van der Waals surface area contributed by atoms with Crippen LogP contribution in [0.4, 0.5) is 0 Å². The minimum Gasteiger partial charge on any atom is -0.401 e. The lowest BCUT2D eigenvalue weighted by Crippen LogP contribution is -2.83. The summed E-state index contributed by atoms with van der Waals surface area (Å²) in [6, 6.07) is 0.667. The van der Waals surface area contributed by atoms with Gasteiger partial charge in [-0.3, -0.25) is 0 Å². The third-order valence-electron chi connectivity index (χ3n) is 4.09. The van der Waals surface area contributed by atoms with Crippen molar-refractivity contribution in [2.75, 3.05) is 0 Å². The monoisotopic (exact) mass is 191 g/mol. The molecule has 2 heteroatoms. The van der Waals surface area contributed by atoms with Crippen LogP contribution in [0, 0.1) is 5.92 Å². The van der Waals surface area contributed by atoms with Crippen LogP contribution in [0.3, 0.4) is 0 Å². The van der Waals surface area contributed by atoms with Crippen molar-refractivity contribution in [2.45, 2.75) is 51.0 Å². The molecule has 3 rings (SSSR count). The Morgan fingerprint density at radius 1 is 1.07 bits per heavy atom. The number of fused-ring (bicyclic) bond motifs is 2. The number of hydrogen-bond donors (Lipinski definition) is 2. The molecule has 0 aromatic carbocycles. The van der Waals surface area contributed by atoms with E-state index in [1.165, 1.54) is 61.9 Å². The number of nitrogens with one attached hydrogen (secondary N) is 1. The van der Waals surface area contributed by atoms with Gasteiger partial charge < -0.3 is 5.73 Å². The number of allylic oxidation sites excluding steroid dienone is 1. The van der Waals surface area contributed by atoms with E-state index < -0.39 is 0 Å². The van der Waals surface area contributed by atoms with Gasteiger partial charge in [0, 0.05) is 24.1 Å². The molecule has 0 radical (unpaired) electrons. The summed E-state index contributed by atoms with van der Waals surface area (Å²) in [5.41, 5.74) is 10.5. The van der Waals surface area contributed by atoms with Crippen LogP contribution in [0.5, 0.6) is 0 Å². The van der Waals surface area contributed by atoms with E-state index in [0.717, 1.165) is 0 Å². The van der Waals surface area contributed by atoms with Gasteiger partial charge >= 0.3 is 0 Å². The zero-order valence-corrected chi connectivity index (χ0v) is 8.68. The Labute approximate surface area is 85.3 Å². The number of rotatable bonds is 0. The van der Waals surface area contributed by atoms with Gasteiger partial charge in [0.15, 0.2) is 11.8 Å². The van der Waals surface area contributed by atoms with Crippen LogP contribution in [-0.2, 0) is 0 Å². The average molecular weight is 191 g/mol. The quantitative estimate of drug-likeness (QED) is 0.574. The summed E-state index contributed by atoms with van der Waals surface area (Å²) >= 11 is 0. The summed E-state index contributed by atoms with van der Waals surface area (Å²) in [4.78, 5) is 3.73. The Bertz CT molecular complexity index is 314. The second-order valence-corrected chi connectivity index (χ2v) is 4.91. The first-order chi connectivity index (χ1) is 6.86. The van der Waals surface area contributed by atoms with Crippen molar-refractivity contribution in [3.05, 3.63) is 11.3 Å². The van der Waals surface area contributed by atoms with Crippen LogP contribution < -0.4 is 10.7 Å². The Morgan fingerprint density at radius 2 is 1.93 bits per heavy atom. The van der Waals surface area contributed by atoms with Gasteiger partial charge in [0.1, 0.15) is 0 Å². The van der Waals surface area contributed by atoms with Gasteiger partial charge in [-0.2, -0.15) is 0 Å². The molecule has 0 spiro atoms. The second kappa shape index (κ2) is 3.11. The highest BCUT2D eigenvalue weighted by molar-refractivity contribution is 5.98. The van der Waals surface area contributed by atoms with Crippen molar-refractivity contribution >= 4 is 5.71 Å².